The first-order chi connectivity index (χ1) is 11.5. The average Bonchev–Trinajstić information content (AvgIpc) is 2.55. The number of nitriles is 1. The van der Waals surface area contributed by atoms with Gasteiger partial charge in [0.2, 0.25) is 0 Å². The van der Waals surface area contributed by atoms with Crippen LogP contribution in [-0.2, 0) is 0 Å². The number of nitro benzene ring substituents is 1. The van der Waals surface area contributed by atoms with E-state index in [-0.39, 0.29) is 10.8 Å². The van der Waals surface area contributed by atoms with Crippen LogP contribution >= 0.6 is 11.6 Å². The Labute approximate surface area is 144 Å². The van der Waals surface area contributed by atoms with Crippen molar-refractivity contribution in [3.05, 3.63) is 62.3 Å². The third-order valence-corrected chi connectivity index (χ3v) is 3.44. The fourth-order valence-corrected chi connectivity index (χ4v) is 2.33. The number of nitrogens with zero attached hydrogens (tertiary/aromatic N) is 5. The van der Waals surface area contributed by atoms with Gasteiger partial charge in [0.15, 0.2) is 5.82 Å². The summed E-state index contributed by atoms with van der Waals surface area (Å²) in [7, 11) is 0. The van der Waals surface area contributed by atoms with Gasteiger partial charge in [-0.25, -0.2) is 9.99 Å². The maximum atomic E-state index is 10.8. The third kappa shape index (κ3) is 3.86. The summed E-state index contributed by atoms with van der Waals surface area (Å²) < 4.78 is 0. The third-order valence-electron chi connectivity index (χ3n) is 3.25. The topological polar surface area (TPSA) is 95.4 Å². The van der Waals surface area contributed by atoms with Crippen LogP contribution in [0.3, 0.4) is 0 Å². The van der Waals surface area contributed by atoms with Crippen LogP contribution in [0, 0.1) is 28.4 Å². The number of anilines is 1. The van der Waals surface area contributed by atoms with Gasteiger partial charge in [-0.05, 0) is 25.5 Å². The van der Waals surface area contributed by atoms with Gasteiger partial charge in [0.1, 0.15) is 11.2 Å². The molecule has 0 aliphatic carbocycles. The predicted molar refractivity (Wildman–Crippen MR) is 92.4 cm³/mol. The smallest absolute Gasteiger partial charge is 0.258 e. The van der Waals surface area contributed by atoms with Crippen LogP contribution in [0.2, 0.25) is 5.15 Å². The lowest BCUT2D eigenvalue weighted by Gasteiger charge is -2.18. The van der Waals surface area contributed by atoms with Crippen LogP contribution < -0.4 is 5.01 Å². The number of hydrogen-bond donors (Lipinski definition) is 0. The van der Waals surface area contributed by atoms with Crippen LogP contribution in [0.15, 0.2) is 35.4 Å². The van der Waals surface area contributed by atoms with Gasteiger partial charge in [-0.1, -0.05) is 23.7 Å². The highest BCUT2D eigenvalue weighted by Gasteiger charge is 2.14. The van der Waals surface area contributed by atoms with E-state index in [0.717, 1.165) is 0 Å². The number of nitro groups is 1. The molecule has 0 saturated heterocycles. The summed E-state index contributed by atoms with van der Waals surface area (Å²) in [5.41, 5.74) is 1.64. The van der Waals surface area contributed by atoms with Crippen molar-refractivity contribution in [1.82, 2.24) is 4.98 Å². The number of hydrazone groups is 1. The van der Waals surface area contributed by atoms with Crippen LogP contribution in [-0.4, -0.2) is 22.7 Å². The van der Waals surface area contributed by atoms with E-state index in [0.29, 0.717) is 29.1 Å². The molecule has 0 spiro atoms. The van der Waals surface area contributed by atoms with Crippen molar-refractivity contribution in [3.63, 3.8) is 0 Å². The van der Waals surface area contributed by atoms with Crippen molar-refractivity contribution >= 4 is 29.3 Å². The van der Waals surface area contributed by atoms with Crippen LogP contribution in [0.25, 0.3) is 0 Å². The Morgan fingerprint density at radius 1 is 1.50 bits per heavy atom. The molecule has 1 aromatic carbocycles. The minimum Gasteiger partial charge on any atom is -0.258 e. The van der Waals surface area contributed by atoms with Gasteiger partial charge in [-0.15, -0.1) is 0 Å². The molecule has 0 radical (unpaired) electrons. The fraction of sp³-hybridized carbons (Fsp3) is 0.188. The Morgan fingerprint density at radius 2 is 2.25 bits per heavy atom. The molecule has 0 saturated carbocycles. The minimum atomic E-state index is -0.468. The molecule has 8 heteroatoms. The summed E-state index contributed by atoms with van der Waals surface area (Å²) >= 11 is 5.98. The van der Waals surface area contributed by atoms with E-state index in [1.807, 2.05) is 6.92 Å². The highest BCUT2D eigenvalue weighted by molar-refractivity contribution is 6.29. The number of aryl methyl sites for hydroxylation is 1. The summed E-state index contributed by atoms with van der Waals surface area (Å²) in [5, 5.41) is 26.2. The van der Waals surface area contributed by atoms with Gasteiger partial charge in [-0.2, -0.15) is 10.4 Å². The van der Waals surface area contributed by atoms with Crippen LogP contribution in [0.1, 0.15) is 23.6 Å². The van der Waals surface area contributed by atoms with Crippen molar-refractivity contribution in [2.24, 2.45) is 5.10 Å². The lowest BCUT2D eigenvalue weighted by Crippen LogP contribution is -2.19. The number of pyridine rings is 1. The molecule has 0 atom stereocenters. The molecular weight excluding hydrogens is 330 g/mol. The Bertz CT molecular complexity index is 845. The molecule has 7 nitrogen and oxygen atoms in total. The second-order valence-corrected chi connectivity index (χ2v) is 5.27. The van der Waals surface area contributed by atoms with Crippen molar-refractivity contribution in [1.29, 1.82) is 5.26 Å². The van der Waals surface area contributed by atoms with Crippen LogP contribution in [0.4, 0.5) is 11.5 Å². The quantitative estimate of drug-likeness (QED) is 0.357. The molecule has 2 rings (SSSR count). The fourth-order valence-electron chi connectivity index (χ4n) is 2.08. The summed E-state index contributed by atoms with van der Waals surface area (Å²) in [6, 6.07) is 9.82. The van der Waals surface area contributed by atoms with E-state index >= 15 is 0 Å². The maximum Gasteiger partial charge on any atom is 0.270 e. The average molecular weight is 344 g/mol. The molecule has 0 unspecified atom stereocenters. The Balaban J connectivity index is 2.39. The lowest BCUT2D eigenvalue weighted by molar-refractivity contribution is -0.384. The van der Waals surface area contributed by atoms with E-state index in [2.05, 4.69) is 16.2 Å². The van der Waals surface area contributed by atoms with Crippen LogP contribution in [0.5, 0.6) is 0 Å². The number of rotatable bonds is 5. The molecule has 1 aromatic heterocycles. The molecule has 0 amide bonds. The zero-order valence-electron chi connectivity index (χ0n) is 13.1. The molecule has 0 aliphatic heterocycles. The first-order valence-electron chi connectivity index (χ1n) is 7.09. The van der Waals surface area contributed by atoms with Crippen molar-refractivity contribution in [2.75, 3.05) is 11.6 Å². The molecule has 0 fully saturated rings. The zero-order valence-corrected chi connectivity index (χ0v) is 13.9. The number of benzene rings is 1. The molecule has 0 bridgehead atoms. The standard InChI is InChI=1S/C16H14ClN5O2/c1-3-21(16-14(9-18)11(2)7-15(17)20-16)19-10-12-5-4-6-13(8-12)22(23)24/h4-8,10H,3H2,1-2H3/b19-10+. The van der Waals surface area contributed by atoms with Crippen molar-refractivity contribution in [2.45, 2.75) is 13.8 Å². The van der Waals surface area contributed by atoms with E-state index in [1.165, 1.54) is 23.4 Å². The highest BCUT2D eigenvalue weighted by Crippen LogP contribution is 2.24. The summed E-state index contributed by atoms with van der Waals surface area (Å²) in [5.74, 6) is 0.353. The molecule has 0 N–H and O–H groups in total. The molecule has 0 aliphatic rings. The molecule has 24 heavy (non-hydrogen) atoms. The van der Waals surface area contributed by atoms with Crippen molar-refractivity contribution in [3.8, 4) is 6.07 Å². The lowest BCUT2D eigenvalue weighted by atomic mass is 10.1. The van der Waals surface area contributed by atoms with E-state index in [1.54, 1.807) is 25.1 Å². The normalized spacial score (nSPS) is 10.6. The largest absolute Gasteiger partial charge is 0.270 e. The van der Waals surface area contributed by atoms with Gasteiger partial charge < -0.3 is 0 Å². The van der Waals surface area contributed by atoms with E-state index < -0.39 is 4.92 Å². The molecule has 1 heterocycles. The number of aromatic nitrogens is 1. The highest BCUT2D eigenvalue weighted by atomic mass is 35.5. The second-order valence-electron chi connectivity index (χ2n) is 4.88. The van der Waals surface area contributed by atoms with E-state index in [9.17, 15) is 15.4 Å². The number of non-ortho nitro benzene ring substituents is 1. The zero-order chi connectivity index (χ0) is 17.7. The SMILES string of the molecule is CCN(/N=C/c1cccc([N+](=O)[O-])c1)c1nc(Cl)cc(C)c1C#N. The second kappa shape index (κ2) is 7.53. The van der Waals surface area contributed by atoms with Gasteiger partial charge in [-0.3, -0.25) is 10.1 Å². The van der Waals surface area contributed by atoms with Crippen molar-refractivity contribution < 1.29 is 4.92 Å². The summed E-state index contributed by atoms with van der Waals surface area (Å²) in [4.78, 5) is 14.5. The van der Waals surface area contributed by atoms with E-state index in [4.69, 9.17) is 11.6 Å². The molecular formula is C16H14ClN5O2. The van der Waals surface area contributed by atoms with Gasteiger partial charge in [0.25, 0.3) is 5.69 Å². The first kappa shape index (κ1) is 17.4. The summed E-state index contributed by atoms with van der Waals surface area (Å²) in [6.07, 6.45) is 1.48. The van der Waals surface area contributed by atoms with Gasteiger partial charge in [0, 0.05) is 24.2 Å². The molecule has 122 valence electrons. The maximum absolute atomic E-state index is 10.8. The van der Waals surface area contributed by atoms with Gasteiger partial charge in [0.05, 0.1) is 16.7 Å². The molecule has 2 aromatic rings. The Kier molecular flexibility index (Phi) is 5.45. The number of hydrogen-bond acceptors (Lipinski definition) is 6. The first-order valence-corrected chi connectivity index (χ1v) is 7.47. The van der Waals surface area contributed by atoms with Gasteiger partial charge >= 0.3 is 0 Å². The number of halogens is 1. The summed E-state index contributed by atoms with van der Waals surface area (Å²) in [6.45, 7) is 4.07. The monoisotopic (exact) mass is 343 g/mol. The predicted octanol–water partition coefficient (Wildman–Crippen LogP) is 3.68. The Hall–Kier alpha value is -2.98. The Morgan fingerprint density at radius 3 is 2.88 bits per heavy atom. The minimum absolute atomic E-state index is 0.0172.